The fourth-order valence-electron chi connectivity index (χ4n) is 1.95. The zero-order valence-corrected chi connectivity index (χ0v) is 12.1. The predicted molar refractivity (Wildman–Crippen MR) is 84.2 cm³/mol. The van der Waals surface area contributed by atoms with Crippen LogP contribution in [0.3, 0.4) is 0 Å². The average molecular weight is 325 g/mol. The van der Waals surface area contributed by atoms with E-state index in [9.17, 15) is 9.59 Å². The maximum absolute atomic E-state index is 10.1. The molecule has 4 aromatic rings. The Hall–Kier alpha value is -3.82. The topological polar surface area (TPSA) is 139 Å². The molecule has 2 heterocycles. The number of carbonyl (C=O) groups is 2. The number of aromatic nitrogens is 6. The van der Waals surface area contributed by atoms with E-state index in [-0.39, 0.29) is 0 Å². The number of fused-ring (bicyclic) bond motifs is 2. The Bertz CT molecular complexity index is 899. The Balaban J connectivity index is 0.000000141. The molecule has 0 saturated carbocycles. The summed E-state index contributed by atoms with van der Waals surface area (Å²) in [6, 6.07) is 10.3. The van der Waals surface area contributed by atoms with Crippen LogP contribution in [0.5, 0.6) is 5.75 Å². The minimum absolute atomic E-state index is 0.376. The molecule has 0 unspecified atom stereocenters. The molecular formula is C14H11N7O3. The summed E-state index contributed by atoms with van der Waals surface area (Å²) in [5.74, 6) is 0.464. The summed E-state index contributed by atoms with van der Waals surface area (Å²) >= 11 is 0. The lowest BCUT2D eigenvalue weighted by Crippen LogP contribution is -1.92. The number of H-pyrrole nitrogens is 2. The Morgan fingerprint density at radius 3 is 2.12 bits per heavy atom. The molecule has 24 heavy (non-hydrogen) atoms. The number of ether oxygens (including phenoxy) is 1. The molecule has 0 aliphatic rings. The summed E-state index contributed by atoms with van der Waals surface area (Å²) in [6.07, 6.45) is 0.626. The summed E-state index contributed by atoms with van der Waals surface area (Å²) in [6.45, 7) is 0.376. The monoisotopic (exact) mass is 325 g/mol. The van der Waals surface area contributed by atoms with Crippen molar-refractivity contribution in [2.75, 3.05) is 5.32 Å². The normalized spacial score (nSPS) is 10.0. The van der Waals surface area contributed by atoms with Crippen LogP contribution in [0.1, 0.15) is 0 Å². The molecule has 0 aliphatic carbocycles. The van der Waals surface area contributed by atoms with E-state index in [0.29, 0.717) is 29.8 Å². The zero-order valence-electron chi connectivity index (χ0n) is 12.1. The van der Waals surface area contributed by atoms with Crippen molar-refractivity contribution in [3.63, 3.8) is 0 Å². The fourth-order valence-corrected chi connectivity index (χ4v) is 1.95. The molecule has 0 bridgehead atoms. The highest BCUT2D eigenvalue weighted by atomic mass is 16.5. The Morgan fingerprint density at radius 2 is 1.46 bits per heavy atom. The second kappa shape index (κ2) is 6.96. The third-order valence-corrected chi connectivity index (χ3v) is 3.01. The van der Waals surface area contributed by atoms with E-state index in [1.165, 1.54) is 0 Å². The largest absolute Gasteiger partial charge is 0.429 e. The molecule has 10 heteroatoms. The number of rotatable bonds is 4. The van der Waals surface area contributed by atoms with Gasteiger partial charge in [0.1, 0.15) is 27.8 Å². The van der Waals surface area contributed by atoms with Gasteiger partial charge in [-0.05, 0) is 30.3 Å². The molecular weight excluding hydrogens is 314 g/mol. The van der Waals surface area contributed by atoms with Gasteiger partial charge in [-0.15, -0.1) is 0 Å². The highest BCUT2D eigenvalue weighted by Gasteiger charge is 1.99. The minimum atomic E-state index is 0.376. The Kier molecular flexibility index (Phi) is 4.38. The van der Waals surface area contributed by atoms with Crippen LogP contribution < -0.4 is 10.1 Å². The van der Waals surface area contributed by atoms with Crippen molar-refractivity contribution in [3.05, 3.63) is 36.4 Å². The zero-order chi connectivity index (χ0) is 16.8. The lowest BCUT2D eigenvalue weighted by atomic mass is 10.3. The number of nitrogens with one attached hydrogen (secondary N) is 3. The fraction of sp³-hybridized carbons (Fsp3) is 0. The summed E-state index contributed by atoms with van der Waals surface area (Å²) in [5, 5.41) is 22.9. The number of amides is 1. The van der Waals surface area contributed by atoms with Crippen molar-refractivity contribution < 1.29 is 14.3 Å². The third kappa shape index (κ3) is 3.32. The molecule has 0 spiro atoms. The molecule has 0 saturated heterocycles. The van der Waals surface area contributed by atoms with E-state index < -0.39 is 0 Å². The second-order valence-corrected chi connectivity index (χ2v) is 4.48. The number of anilines is 1. The van der Waals surface area contributed by atoms with Crippen molar-refractivity contribution in [2.24, 2.45) is 0 Å². The Labute approximate surface area is 134 Å². The summed E-state index contributed by atoms with van der Waals surface area (Å²) in [5.41, 5.74) is 3.65. The van der Waals surface area contributed by atoms with Gasteiger partial charge in [0.15, 0.2) is 0 Å². The van der Waals surface area contributed by atoms with Crippen molar-refractivity contribution in [1.29, 1.82) is 0 Å². The highest BCUT2D eigenvalue weighted by molar-refractivity contribution is 5.82. The predicted octanol–water partition coefficient (Wildman–Crippen LogP) is 1.02. The van der Waals surface area contributed by atoms with E-state index in [2.05, 4.69) is 40.9 Å². The van der Waals surface area contributed by atoms with Crippen LogP contribution in [0.25, 0.3) is 22.1 Å². The molecule has 4 rings (SSSR count). The second-order valence-electron chi connectivity index (χ2n) is 4.48. The summed E-state index contributed by atoms with van der Waals surface area (Å²) in [4.78, 5) is 20.1. The molecule has 1 amide bonds. The molecule has 2 aromatic heterocycles. The maximum Gasteiger partial charge on any atom is 0.298 e. The number of benzene rings is 2. The van der Waals surface area contributed by atoms with Crippen molar-refractivity contribution in [1.82, 2.24) is 30.8 Å². The first-order chi connectivity index (χ1) is 11.8. The quantitative estimate of drug-likeness (QED) is 0.476. The van der Waals surface area contributed by atoms with Gasteiger partial charge in [0, 0.05) is 11.8 Å². The summed E-state index contributed by atoms with van der Waals surface area (Å²) < 4.78 is 4.62. The van der Waals surface area contributed by atoms with Crippen molar-refractivity contribution >= 4 is 40.6 Å². The van der Waals surface area contributed by atoms with E-state index in [4.69, 9.17) is 0 Å². The summed E-state index contributed by atoms with van der Waals surface area (Å²) in [7, 11) is 0. The van der Waals surface area contributed by atoms with Gasteiger partial charge >= 0.3 is 0 Å². The molecule has 120 valence electrons. The van der Waals surface area contributed by atoms with Crippen molar-refractivity contribution in [3.8, 4) is 5.75 Å². The molecule has 0 radical (unpaired) electrons. The van der Waals surface area contributed by atoms with Gasteiger partial charge in [0.2, 0.25) is 6.41 Å². The van der Waals surface area contributed by atoms with Crippen LogP contribution in [-0.2, 0) is 9.59 Å². The molecule has 0 aliphatic heterocycles. The van der Waals surface area contributed by atoms with Crippen molar-refractivity contribution in [2.45, 2.75) is 0 Å². The van der Waals surface area contributed by atoms with Gasteiger partial charge in [-0.3, -0.25) is 9.59 Å². The lowest BCUT2D eigenvalue weighted by molar-refractivity contribution is -0.120. The number of hydrogen-bond donors (Lipinski definition) is 3. The average Bonchev–Trinajstić information content (AvgIpc) is 3.24. The van der Waals surface area contributed by atoms with Gasteiger partial charge in [-0.1, -0.05) is 0 Å². The van der Waals surface area contributed by atoms with E-state index in [1.54, 1.807) is 36.4 Å². The first-order valence-corrected chi connectivity index (χ1v) is 6.71. The van der Waals surface area contributed by atoms with E-state index in [0.717, 1.165) is 16.6 Å². The number of carbonyl (C=O) groups excluding carboxylic acids is 2. The van der Waals surface area contributed by atoms with Crippen LogP contribution in [0.2, 0.25) is 0 Å². The van der Waals surface area contributed by atoms with Gasteiger partial charge in [-0.25, -0.2) is 0 Å². The molecule has 0 fully saturated rings. The first-order valence-electron chi connectivity index (χ1n) is 6.71. The SMILES string of the molecule is O=CNc1ccc2n[nH]nc2c1.O=COc1ccc2n[nH]nc2c1. The van der Waals surface area contributed by atoms with Gasteiger partial charge < -0.3 is 10.1 Å². The molecule has 10 nitrogen and oxygen atoms in total. The molecule has 3 N–H and O–H groups in total. The van der Waals surface area contributed by atoms with Crippen LogP contribution in [0.15, 0.2) is 36.4 Å². The maximum atomic E-state index is 10.1. The minimum Gasteiger partial charge on any atom is -0.429 e. The lowest BCUT2D eigenvalue weighted by Gasteiger charge is -1.94. The number of nitrogens with zero attached hydrogens (tertiary/aromatic N) is 4. The van der Waals surface area contributed by atoms with E-state index >= 15 is 0 Å². The van der Waals surface area contributed by atoms with Crippen LogP contribution in [-0.4, -0.2) is 43.7 Å². The number of aromatic amines is 2. The van der Waals surface area contributed by atoms with Crippen LogP contribution in [0.4, 0.5) is 5.69 Å². The van der Waals surface area contributed by atoms with E-state index in [1.807, 2.05) is 0 Å². The first kappa shape index (κ1) is 15.1. The highest BCUT2D eigenvalue weighted by Crippen LogP contribution is 2.16. The molecule has 2 aromatic carbocycles. The van der Waals surface area contributed by atoms with Crippen LogP contribution in [0, 0.1) is 0 Å². The standard InChI is InChI=1S/C7H6N4O.C7H5N3O2/c12-4-8-5-1-2-6-7(3-5)10-11-9-6;11-4-12-5-1-2-6-7(3-5)9-10-8-6/h1-4H,(H,8,12)(H,9,10,11);1-4H,(H,8,9,10). The number of hydrogen-bond acceptors (Lipinski definition) is 7. The molecule has 0 atom stereocenters. The smallest absolute Gasteiger partial charge is 0.298 e. The van der Waals surface area contributed by atoms with Gasteiger partial charge in [0.05, 0.1) is 0 Å². The van der Waals surface area contributed by atoms with Gasteiger partial charge in [0.25, 0.3) is 6.47 Å². The Morgan fingerprint density at radius 1 is 0.833 bits per heavy atom. The third-order valence-electron chi connectivity index (χ3n) is 3.01. The van der Waals surface area contributed by atoms with Crippen LogP contribution >= 0.6 is 0 Å². The van der Waals surface area contributed by atoms with Gasteiger partial charge in [-0.2, -0.15) is 30.8 Å².